The molecule has 28 heavy (non-hydrogen) atoms. The van der Waals surface area contributed by atoms with Crippen LogP contribution < -0.4 is 15.0 Å². The summed E-state index contributed by atoms with van der Waals surface area (Å²) in [7, 11) is 0. The van der Waals surface area contributed by atoms with E-state index in [0.29, 0.717) is 24.6 Å². The van der Waals surface area contributed by atoms with Crippen molar-refractivity contribution in [3.63, 3.8) is 0 Å². The van der Waals surface area contributed by atoms with Crippen molar-refractivity contribution in [1.82, 2.24) is 9.97 Å². The summed E-state index contributed by atoms with van der Waals surface area (Å²) in [4.78, 5) is 21.6. The number of para-hydroxylation sites is 3. The van der Waals surface area contributed by atoms with Crippen LogP contribution in [0.5, 0.6) is 5.75 Å². The lowest BCUT2D eigenvalue weighted by atomic mass is 10.2. The normalized spacial score (nSPS) is 10.4. The zero-order valence-electron chi connectivity index (χ0n) is 15.7. The number of ether oxygens (including phenoxy) is 1. The van der Waals surface area contributed by atoms with Crippen molar-refractivity contribution >= 4 is 28.7 Å². The van der Waals surface area contributed by atoms with Crippen LogP contribution in [0.3, 0.4) is 0 Å². The van der Waals surface area contributed by atoms with E-state index in [4.69, 9.17) is 4.74 Å². The molecule has 0 aliphatic carbocycles. The SMILES string of the molecule is CCOc1ccccc1Nc1ncnc(N(CC)c2ccccc2)c1[N+](=O)[O-]. The number of hydrogen-bond donors (Lipinski definition) is 1. The van der Waals surface area contributed by atoms with Crippen molar-refractivity contribution in [3.05, 3.63) is 71.0 Å². The lowest BCUT2D eigenvalue weighted by molar-refractivity contribution is -0.383. The first-order chi connectivity index (χ1) is 13.7. The Labute approximate surface area is 163 Å². The molecular formula is C20H21N5O3. The van der Waals surface area contributed by atoms with E-state index >= 15 is 0 Å². The Morgan fingerprint density at radius 1 is 1.07 bits per heavy atom. The zero-order valence-corrected chi connectivity index (χ0v) is 15.7. The van der Waals surface area contributed by atoms with E-state index in [2.05, 4.69) is 15.3 Å². The van der Waals surface area contributed by atoms with Crippen molar-refractivity contribution in [1.29, 1.82) is 0 Å². The van der Waals surface area contributed by atoms with Gasteiger partial charge in [-0.1, -0.05) is 30.3 Å². The second-order valence-electron chi connectivity index (χ2n) is 5.79. The third kappa shape index (κ3) is 4.01. The monoisotopic (exact) mass is 379 g/mol. The Hall–Kier alpha value is -3.68. The molecule has 0 aliphatic rings. The molecule has 144 valence electrons. The smallest absolute Gasteiger partial charge is 0.354 e. The van der Waals surface area contributed by atoms with E-state index in [0.717, 1.165) is 5.69 Å². The van der Waals surface area contributed by atoms with Crippen molar-refractivity contribution in [2.75, 3.05) is 23.4 Å². The molecule has 0 aliphatic heterocycles. The van der Waals surface area contributed by atoms with Gasteiger partial charge in [0, 0.05) is 12.2 Å². The van der Waals surface area contributed by atoms with E-state index in [-0.39, 0.29) is 17.3 Å². The molecular weight excluding hydrogens is 358 g/mol. The van der Waals surface area contributed by atoms with Crippen molar-refractivity contribution in [2.45, 2.75) is 13.8 Å². The van der Waals surface area contributed by atoms with E-state index in [1.807, 2.05) is 56.3 Å². The van der Waals surface area contributed by atoms with Crippen molar-refractivity contribution in [2.24, 2.45) is 0 Å². The van der Waals surface area contributed by atoms with Crippen LogP contribution in [0, 0.1) is 10.1 Å². The first-order valence-corrected chi connectivity index (χ1v) is 8.96. The molecule has 0 fully saturated rings. The van der Waals surface area contributed by atoms with Crippen LogP contribution in [-0.2, 0) is 0 Å². The minimum Gasteiger partial charge on any atom is -0.492 e. The molecule has 0 saturated carbocycles. The molecule has 0 unspecified atom stereocenters. The lowest BCUT2D eigenvalue weighted by Crippen LogP contribution is -2.19. The van der Waals surface area contributed by atoms with Crippen LogP contribution in [-0.4, -0.2) is 28.0 Å². The van der Waals surface area contributed by atoms with Gasteiger partial charge in [0.05, 0.1) is 17.2 Å². The van der Waals surface area contributed by atoms with Crippen LogP contribution in [0.4, 0.5) is 28.7 Å². The molecule has 0 saturated heterocycles. The highest BCUT2D eigenvalue weighted by atomic mass is 16.6. The number of benzene rings is 2. The predicted octanol–water partition coefficient (Wildman–Crippen LogP) is 4.69. The van der Waals surface area contributed by atoms with Gasteiger partial charge in [-0.15, -0.1) is 0 Å². The number of nitro groups is 1. The van der Waals surface area contributed by atoms with Gasteiger partial charge in [-0.05, 0) is 38.1 Å². The van der Waals surface area contributed by atoms with Gasteiger partial charge in [0.2, 0.25) is 11.6 Å². The van der Waals surface area contributed by atoms with Crippen LogP contribution in [0.1, 0.15) is 13.8 Å². The number of rotatable bonds is 8. The summed E-state index contributed by atoms with van der Waals surface area (Å²) >= 11 is 0. The van der Waals surface area contributed by atoms with Gasteiger partial charge in [0.25, 0.3) is 0 Å². The van der Waals surface area contributed by atoms with Crippen LogP contribution in [0.25, 0.3) is 0 Å². The van der Waals surface area contributed by atoms with E-state index in [9.17, 15) is 10.1 Å². The summed E-state index contributed by atoms with van der Waals surface area (Å²) in [5.74, 6) is 0.927. The van der Waals surface area contributed by atoms with Gasteiger partial charge in [0.15, 0.2) is 0 Å². The molecule has 8 heteroatoms. The zero-order chi connectivity index (χ0) is 19.9. The summed E-state index contributed by atoms with van der Waals surface area (Å²) in [6.45, 7) is 4.78. The number of hydrogen-bond acceptors (Lipinski definition) is 7. The summed E-state index contributed by atoms with van der Waals surface area (Å²) in [5, 5.41) is 15.0. The number of aromatic nitrogens is 2. The average Bonchev–Trinajstić information content (AvgIpc) is 2.71. The Bertz CT molecular complexity index is 950. The van der Waals surface area contributed by atoms with E-state index < -0.39 is 4.92 Å². The first-order valence-electron chi connectivity index (χ1n) is 8.96. The van der Waals surface area contributed by atoms with E-state index in [1.165, 1.54) is 6.33 Å². The maximum Gasteiger partial charge on any atom is 0.354 e. The summed E-state index contributed by atoms with van der Waals surface area (Å²) < 4.78 is 5.59. The fraction of sp³-hybridized carbons (Fsp3) is 0.200. The average molecular weight is 379 g/mol. The Kier molecular flexibility index (Phi) is 6.01. The predicted molar refractivity (Wildman–Crippen MR) is 109 cm³/mol. The topological polar surface area (TPSA) is 93.4 Å². The van der Waals surface area contributed by atoms with Gasteiger partial charge < -0.3 is 15.0 Å². The molecule has 1 N–H and O–H groups in total. The van der Waals surface area contributed by atoms with Crippen LogP contribution in [0.2, 0.25) is 0 Å². The highest BCUT2D eigenvalue weighted by molar-refractivity contribution is 5.79. The summed E-state index contributed by atoms with van der Waals surface area (Å²) in [6, 6.07) is 16.6. The van der Waals surface area contributed by atoms with Crippen molar-refractivity contribution < 1.29 is 9.66 Å². The molecule has 0 spiro atoms. The molecule has 0 radical (unpaired) electrons. The van der Waals surface area contributed by atoms with Crippen LogP contribution in [0.15, 0.2) is 60.9 Å². The largest absolute Gasteiger partial charge is 0.492 e. The van der Waals surface area contributed by atoms with Gasteiger partial charge >= 0.3 is 5.69 Å². The first kappa shape index (κ1) is 19.1. The second-order valence-corrected chi connectivity index (χ2v) is 5.79. The third-order valence-corrected chi connectivity index (χ3v) is 4.07. The van der Waals surface area contributed by atoms with Crippen molar-refractivity contribution in [3.8, 4) is 5.75 Å². The molecule has 2 aromatic carbocycles. The summed E-state index contributed by atoms with van der Waals surface area (Å²) in [5.41, 5.74) is 1.21. The second kappa shape index (κ2) is 8.81. The third-order valence-electron chi connectivity index (χ3n) is 4.07. The summed E-state index contributed by atoms with van der Waals surface area (Å²) in [6.07, 6.45) is 1.32. The fourth-order valence-electron chi connectivity index (χ4n) is 2.87. The molecule has 0 atom stereocenters. The van der Waals surface area contributed by atoms with Gasteiger partial charge in [-0.3, -0.25) is 10.1 Å². The quantitative estimate of drug-likeness (QED) is 0.448. The Morgan fingerprint density at radius 3 is 2.46 bits per heavy atom. The van der Waals surface area contributed by atoms with Gasteiger partial charge in [0.1, 0.15) is 12.1 Å². The Morgan fingerprint density at radius 2 is 1.79 bits per heavy atom. The molecule has 1 aromatic heterocycles. The fourth-order valence-corrected chi connectivity index (χ4v) is 2.87. The molecule has 8 nitrogen and oxygen atoms in total. The molecule has 1 heterocycles. The number of nitrogens with one attached hydrogen (secondary N) is 1. The standard InChI is InChI=1S/C20H21N5O3/c1-3-24(15-10-6-5-7-11-15)20-18(25(26)27)19(21-14-22-20)23-16-12-8-9-13-17(16)28-4-2/h5-14H,3-4H2,1-2H3,(H,21,22,23). The Balaban J connectivity index is 2.07. The number of anilines is 4. The highest BCUT2D eigenvalue weighted by Crippen LogP contribution is 2.38. The van der Waals surface area contributed by atoms with Crippen LogP contribution >= 0.6 is 0 Å². The molecule has 0 amide bonds. The number of nitrogens with zero attached hydrogens (tertiary/aromatic N) is 4. The molecule has 3 aromatic rings. The maximum atomic E-state index is 11.9. The minimum absolute atomic E-state index is 0.108. The molecule has 3 rings (SSSR count). The molecule has 0 bridgehead atoms. The van der Waals surface area contributed by atoms with Gasteiger partial charge in [-0.2, -0.15) is 0 Å². The van der Waals surface area contributed by atoms with E-state index in [1.54, 1.807) is 17.0 Å². The highest BCUT2D eigenvalue weighted by Gasteiger charge is 2.27. The maximum absolute atomic E-state index is 11.9. The lowest BCUT2D eigenvalue weighted by Gasteiger charge is -2.22. The van der Waals surface area contributed by atoms with Gasteiger partial charge in [-0.25, -0.2) is 9.97 Å². The minimum atomic E-state index is -0.466.